The number of nitrogens with two attached hydrogens (primary N) is 1. The van der Waals surface area contributed by atoms with E-state index in [2.05, 4.69) is 11.8 Å². The Morgan fingerprint density at radius 2 is 2.44 bits per heavy atom. The molecule has 0 aromatic carbocycles. The van der Waals surface area contributed by atoms with Gasteiger partial charge in [-0.3, -0.25) is 4.79 Å². The fraction of sp³-hybridized carbons (Fsp3) is 0.500. The van der Waals surface area contributed by atoms with Crippen LogP contribution >= 0.6 is 0 Å². The highest BCUT2D eigenvalue weighted by Crippen LogP contribution is 1.84. The van der Waals surface area contributed by atoms with Gasteiger partial charge in [-0.1, -0.05) is 0 Å². The largest absolute Gasteiger partial charge is 0.396 e. The van der Waals surface area contributed by atoms with Crippen LogP contribution in [0.15, 0.2) is 5.10 Å². The molecular formula is C4H9N3O2. The number of hydrogen-bond donors (Lipinski definition) is 2. The van der Waals surface area contributed by atoms with Crippen LogP contribution in [-0.2, 0) is 4.79 Å². The summed E-state index contributed by atoms with van der Waals surface area (Å²) in [6.07, 6.45) is -0.0183. The zero-order valence-electron chi connectivity index (χ0n) is 4.95. The second-order valence-electron chi connectivity index (χ2n) is 1.35. The Hall–Kier alpha value is -0.940. The maximum Gasteiger partial charge on any atom is 0.259 e. The number of rotatable bonds is 3. The lowest BCUT2D eigenvalue weighted by Gasteiger charge is -2.06. The molecule has 0 bridgehead atoms. The summed E-state index contributed by atoms with van der Waals surface area (Å²) in [5, 5.41) is 11.9. The zero-order valence-corrected chi connectivity index (χ0v) is 4.95. The average Bonchev–Trinajstić information content (AvgIpc) is 1.87. The summed E-state index contributed by atoms with van der Waals surface area (Å²) >= 11 is 0. The number of hydrazone groups is 1. The highest BCUT2D eigenvalue weighted by molar-refractivity contribution is 5.75. The van der Waals surface area contributed by atoms with E-state index < -0.39 is 5.91 Å². The third-order valence-corrected chi connectivity index (χ3v) is 0.734. The molecule has 9 heavy (non-hydrogen) atoms. The molecule has 5 heteroatoms. The smallest absolute Gasteiger partial charge is 0.259 e. The van der Waals surface area contributed by atoms with Crippen LogP contribution in [0.3, 0.4) is 0 Å². The Kier molecular flexibility index (Phi) is 3.57. The summed E-state index contributed by atoms with van der Waals surface area (Å²) in [5.41, 5.74) is 0. The molecule has 3 N–H and O–H groups in total. The van der Waals surface area contributed by atoms with Gasteiger partial charge in [-0.05, 0) is 0 Å². The molecule has 0 spiro atoms. The molecule has 0 saturated heterocycles. The predicted octanol–water partition coefficient (Wildman–Crippen LogP) is -1.31. The molecule has 0 unspecified atom stereocenters. The van der Waals surface area contributed by atoms with E-state index in [-0.39, 0.29) is 13.0 Å². The minimum absolute atomic E-state index is 0.0183. The third-order valence-electron chi connectivity index (χ3n) is 0.734. The zero-order chi connectivity index (χ0) is 7.28. The van der Waals surface area contributed by atoms with Crippen molar-refractivity contribution >= 4 is 12.6 Å². The number of carbonyl (C=O) groups excluding carboxylic acids is 1. The normalized spacial score (nSPS) is 8.67. The van der Waals surface area contributed by atoms with Gasteiger partial charge in [-0.2, -0.15) is 10.2 Å². The van der Waals surface area contributed by atoms with Gasteiger partial charge in [-0.25, -0.2) is 5.84 Å². The van der Waals surface area contributed by atoms with Gasteiger partial charge in [0.1, 0.15) is 0 Å². The Morgan fingerprint density at radius 1 is 1.89 bits per heavy atom. The van der Waals surface area contributed by atoms with E-state index in [0.29, 0.717) is 5.12 Å². The van der Waals surface area contributed by atoms with E-state index in [0.717, 1.165) is 0 Å². The molecule has 0 aromatic heterocycles. The molecule has 52 valence electrons. The summed E-state index contributed by atoms with van der Waals surface area (Å²) in [4.78, 5) is 10.5. The van der Waals surface area contributed by atoms with E-state index in [1.807, 2.05) is 0 Å². The van der Waals surface area contributed by atoms with E-state index in [4.69, 9.17) is 10.9 Å². The van der Waals surface area contributed by atoms with Crippen molar-refractivity contribution in [3.05, 3.63) is 0 Å². The Bertz CT molecular complexity index is 114. The molecule has 0 fully saturated rings. The average molecular weight is 131 g/mol. The van der Waals surface area contributed by atoms with Crippen LogP contribution in [0.5, 0.6) is 0 Å². The Labute approximate surface area is 52.7 Å². The fourth-order valence-electron chi connectivity index (χ4n) is 0.289. The summed E-state index contributed by atoms with van der Waals surface area (Å²) in [7, 11) is 0. The second-order valence-corrected chi connectivity index (χ2v) is 1.35. The molecule has 5 nitrogen and oxygen atoms in total. The lowest BCUT2D eigenvalue weighted by atomic mass is 10.4. The standard InChI is InChI=1S/C4H9N3O2/c1-6-7(5)4(9)2-3-8/h8H,1-3,5H2. The minimum Gasteiger partial charge on any atom is -0.396 e. The van der Waals surface area contributed by atoms with Gasteiger partial charge in [0.05, 0.1) is 13.0 Å². The van der Waals surface area contributed by atoms with Gasteiger partial charge in [0.15, 0.2) is 0 Å². The molecule has 0 heterocycles. The topological polar surface area (TPSA) is 78.9 Å². The number of hydrazine groups is 1. The minimum atomic E-state index is -0.451. The predicted molar refractivity (Wildman–Crippen MR) is 32.3 cm³/mol. The molecule has 0 aliphatic rings. The van der Waals surface area contributed by atoms with Gasteiger partial charge in [0, 0.05) is 6.72 Å². The first-order valence-electron chi connectivity index (χ1n) is 2.37. The Morgan fingerprint density at radius 3 is 2.78 bits per heavy atom. The maximum absolute atomic E-state index is 10.5. The fourth-order valence-corrected chi connectivity index (χ4v) is 0.289. The van der Waals surface area contributed by atoms with Crippen molar-refractivity contribution < 1.29 is 9.90 Å². The van der Waals surface area contributed by atoms with Crippen LogP contribution in [0.4, 0.5) is 0 Å². The van der Waals surface area contributed by atoms with Crippen molar-refractivity contribution in [3.63, 3.8) is 0 Å². The van der Waals surface area contributed by atoms with Crippen molar-refractivity contribution in [3.8, 4) is 0 Å². The van der Waals surface area contributed by atoms with Gasteiger partial charge >= 0.3 is 0 Å². The number of aliphatic hydroxyl groups is 1. The number of carbonyl (C=O) groups is 1. The van der Waals surface area contributed by atoms with Crippen molar-refractivity contribution in [1.29, 1.82) is 0 Å². The van der Waals surface area contributed by atoms with Gasteiger partial charge in [-0.15, -0.1) is 0 Å². The van der Waals surface area contributed by atoms with E-state index >= 15 is 0 Å². The number of nitrogens with zero attached hydrogens (tertiary/aromatic N) is 2. The van der Waals surface area contributed by atoms with Gasteiger partial charge < -0.3 is 5.11 Å². The molecule has 1 amide bonds. The summed E-state index contributed by atoms with van der Waals surface area (Å²) in [6.45, 7) is 2.79. The van der Waals surface area contributed by atoms with Crippen molar-refractivity contribution in [2.75, 3.05) is 6.61 Å². The van der Waals surface area contributed by atoms with Crippen LogP contribution in [0.2, 0.25) is 0 Å². The van der Waals surface area contributed by atoms with E-state index in [1.54, 1.807) is 0 Å². The van der Waals surface area contributed by atoms with Gasteiger partial charge in [0.2, 0.25) is 0 Å². The van der Waals surface area contributed by atoms with Crippen molar-refractivity contribution in [2.24, 2.45) is 10.9 Å². The summed E-state index contributed by atoms with van der Waals surface area (Å²) in [5.74, 6) is 4.49. The van der Waals surface area contributed by atoms with E-state index in [1.165, 1.54) is 0 Å². The van der Waals surface area contributed by atoms with Crippen LogP contribution < -0.4 is 5.84 Å². The van der Waals surface area contributed by atoms with Crippen LogP contribution in [0, 0.1) is 0 Å². The first kappa shape index (κ1) is 8.06. The first-order chi connectivity index (χ1) is 4.22. The SMILES string of the molecule is C=NN(N)C(=O)CCO. The molecule has 0 radical (unpaired) electrons. The Balaban J connectivity index is 3.58. The lowest BCUT2D eigenvalue weighted by Crippen LogP contribution is -2.32. The molecule has 0 atom stereocenters. The monoisotopic (exact) mass is 131 g/mol. The molecule has 0 saturated carbocycles. The first-order valence-corrected chi connectivity index (χ1v) is 2.37. The van der Waals surface area contributed by atoms with Crippen LogP contribution in [-0.4, -0.2) is 29.5 Å². The third kappa shape index (κ3) is 2.78. The van der Waals surface area contributed by atoms with Crippen LogP contribution in [0.25, 0.3) is 0 Å². The highest BCUT2D eigenvalue weighted by Gasteiger charge is 2.03. The molecule has 0 rings (SSSR count). The number of hydrogen-bond acceptors (Lipinski definition) is 4. The quantitative estimate of drug-likeness (QED) is 0.216. The van der Waals surface area contributed by atoms with Crippen molar-refractivity contribution in [2.45, 2.75) is 6.42 Å². The van der Waals surface area contributed by atoms with Crippen molar-refractivity contribution in [1.82, 2.24) is 5.12 Å². The second kappa shape index (κ2) is 3.99. The highest BCUT2D eigenvalue weighted by atomic mass is 16.3. The molecule has 0 aliphatic heterocycles. The lowest BCUT2D eigenvalue weighted by molar-refractivity contribution is -0.132. The number of amides is 1. The van der Waals surface area contributed by atoms with Gasteiger partial charge in [0.25, 0.3) is 5.91 Å². The summed E-state index contributed by atoms with van der Waals surface area (Å²) < 4.78 is 0. The maximum atomic E-state index is 10.5. The van der Waals surface area contributed by atoms with E-state index in [9.17, 15) is 4.79 Å². The molecule has 0 aliphatic carbocycles. The number of aliphatic hydroxyl groups excluding tert-OH is 1. The summed E-state index contributed by atoms with van der Waals surface area (Å²) in [6, 6.07) is 0. The van der Waals surface area contributed by atoms with Crippen LogP contribution in [0.1, 0.15) is 6.42 Å². The molecular weight excluding hydrogens is 122 g/mol. The molecule has 0 aromatic rings.